The lowest BCUT2D eigenvalue weighted by atomic mass is 9.77. The summed E-state index contributed by atoms with van der Waals surface area (Å²) in [4.78, 5) is 51.4. The van der Waals surface area contributed by atoms with Gasteiger partial charge in [-0.25, -0.2) is 0 Å². The van der Waals surface area contributed by atoms with E-state index in [1.54, 1.807) is 0 Å². The molecule has 310 valence electrons. The Bertz CT molecular complexity index is 1930. The Morgan fingerprint density at radius 1 is 0.534 bits per heavy atom. The van der Waals surface area contributed by atoms with Gasteiger partial charge in [0.05, 0.1) is 25.3 Å². The summed E-state index contributed by atoms with van der Waals surface area (Å²) in [5.74, 6) is -0.286. The van der Waals surface area contributed by atoms with Crippen molar-refractivity contribution >= 4 is 45.3 Å². The van der Waals surface area contributed by atoms with E-state index in [0.29, 0.717) is 24.3 Å². The summed E-state index contributed by atoms with van der Waals surface area (Å²) in [5.41, 5.74) is 1.94. The molecule has 0 spiro atoms. The molecule has 4 aromatic rings. The second-order valence-corrected chi connectivity index (χ2v) is 16.9. The number of fused-ring (bicyclic) bond motifs is 2. The van der Waals surface area contributed by atoms with Gasteiger partial charge in [-0.05, 0) is 58.7 Å². The van der Waals surface area contributed by atoms with E-state index in [4.69, 9.17) is 9.47 Å². The molecule has 4 aromatic carbocycles. The van der Waals surface area contributed by atoms with Gasteiger partial charge in [-0.1, -0.05) is 127 Å². The molecule has 0 bridgehead atoms. The third-order valence-corrected chi connectivity index (χ3v) is 12.2. The van der Waals surface area contributed by atoms with Gasteiger partial charge < -0.3 is 30.3 Å². The van der Waals surface area contributed by atoms with Crippen LogP contribution in [0.4, 0.5) is 0 Å². The van der Waals surface area contributed by atoms with E-state index in [0.717, 1.165) is 84.0 Å². The summed E-state index contributed by atoms with van der Waals surface area (Å²) in [5, 5.41) is 29.6. The van der Waals surface area contributed by atoms with Gasteiger partial charge >= 0.3 is 11.9 Å². The van der Waals surface area contributed by atoms with E-state index in [9.17, 15) is 29.4 Å². The molecule has 10 nitrogen and oxygen atoms in total. The quantitative estimate of drug-likeness (QED) is 0.0423. The van der Waals surface area contributed by atoms with Gasteiger partial charge in [0.25, 0.3) is 0 Å². The molecule has 4 N–H and O–H groups in total. The first kappa shape index (κ1) is 42.8. The fraction of sp³-hybridized carbons (Fsp3) is 0.500. The van der Waals surface area contributed by atoms with E-state index in [-0.39, 0.29) is 84.6 Å². The summed E-state index contributed by atoms with van der Waals surface area (Å²) in [7, 11) is 0. The average Bonchev–Trinajstić information content (AvgIpc) is 3.74. The highest BCUT2D eigenvalue weighted by molar-refractivity contribution is 5.96. The van der Waals surface area contributed by atoms with Crippen LogP contribution in [0.2, 0.25) is 0 Å². The number of aliphatic hydroxyl groups excluding tert-OH is 2. The Hall–Kier alpha value is -4.80. The first-order valence-corrected chi connectivity index (χ1v) is 21.3. The Balaban J connectivity index is 0.903. The van der Waals surface area contributed by atoms with Crippen molar-refractivity contribution in [1.29, 1.82) is 0 Å². The number of esters is 2. The lowest BCUT2D eigenvalue weighted by Gasteiger charge is -2.26. The van der Waals surface area contributed by atoms with Crippen molar-refractivity contribution in [2.75, 3.05) is 13.2 Å². The number of carbonyl (C=O) groups is 4. The van der Waals surface area contributed by atoms with Crippen molar-refractivity contribution in [3.05, 3.63) is 83.9 Å². The maximum absolute atomic E-state index is 12.9. The molecule has 2 aliphatic heterocycles. The largest absolute Gasteiger partial charge is 0.426 e. The third-order valence-electron chi connectivity index (χ3n) is 12.2. The molecule has 0 radical (unpaired) electrons. The lowest BCUT2D eigenvalue weighted by molar-refractivity contribution is -0.135. The number of benzene rings is 4. The molecular weight excluding hydrogens is 733 g/mol. The second kappa shape index (κ2) is 19.8. The zero-order chi connectivity index (χ0) is 41.3. The fourth-order valence-electron chi connectivity index (χ4n) is 9.43. The number of unbranched alkanes of at least 4 members (excludes halogenated alkanes) is 7. The maximum Gasteiger partial charge on any atom is 0.311 e. The standard InChI is InChI=1S/C48H60N2O8/c1-29(2)43-45(37(27-51)49-47(43)55)35-23-25-39(33-19-15-13-17-31(33)35)57-41(53)21-11-9-7-5-6-8-10-12-22-42(54)58-40-26-24-36(32-18-14-16-20-34(32)40)46-38(28-52)50-48(56)44(46)30(3)4/h13-20,23-26,29-30,37-38,43-46,51-52H,5-12,21-22,27-28H2,1-4H3,(H,49,55)(H,50,56)/t37-,38-,43-,44-,45-,46-/m1/s1. The first-order valence-electron chi connectivity index (χ1n) is 21.3. The first-order chi connectivity index (χ1) is 28.0. The third kappa shape index (κ3) is 9.56. The van der Waals surface area contributed by atoms with E-state index in [1.807, 2.05) is 100 Å². The SMILES string of the molecule is CC(C)[C@H]1C(=O)N[C@H](CO)[C@H]1c1ccc(OC(=O)CCCCCCCCCCC(=O)Oc2ccc([C@H]3[C@@H](C(C)C)C(=O)N[C@@H]3CO)c3ccccc23)c2ccccc12. The highest BCUT2D eigenvalue weighted by Gasteiger charge is 2.46. The highest BCUT2D eigenvalue weighted by Crippen LogP contribution is 2.44. The Labute approximate surface area is 342 Å². The van der Waals surface area contributed by atoms with E-state index in [2.05, 4.69) is 10.6 Å². The molecule has 0 aliphatic carbocycles. The van der Waals surface area contributed by atoms with E-state index >= 15 is 0 Å². The number of hydrogen-bond donors (Lipinski definition) is 4. The van der Waals surface area contributed by atoms with Crippen LogP contribution in [-0.4, -0.2) is 59.3 Å². The van der Waals surface area contributed by atoms with Gasteiger partial charge in [0.2, 0.25) is 11.8 Å². The number of carbonyl (C=O) groups excluding carboxylic acids is 4. The molecule has 0 saturated carbocycles. The van der Waals surface area contributed by atoms with Crippen LogP contribution < -0.4 is 20.1 Å². The number of hydrogen-bond acceptors (Lipinski definition) is 8. The number of rotatable bonds is 19. The molecule has 2 heterocycles. The van der Waals surface area contributed by atoms with Crippen LogP contribution in [0.3, 0.4) is 0 Å². The van der Waals surface area contributed by atoms with Gasteiger partial charge in [0.15, 0.2) is 0 Å². The van der Waals surface area contributed by atoms with E-state index in [1.165, 1.54) is 0 Å². The Morgan fingerprint density at radius 3 is 1.22 bits per heavy atom. The van der Waals surface area contributed by atoms with Crippen LogP contribution in [0.25, 0.3) is 21.5 Å². The van der Waals surface area contributed by atoms with Crippen LogP contribution >= 0.6 is 0 Å². The smallest absolute Gasteiger partial charge is 0.311 e. The molecule has 2 fully saturated rings. The number of nitrogens with one attached hydrogen (secondary N) is 2. The predicted molar refractivity (Wildman–Crippen MR) is 226 cm³/mol. The van der Waals surface area contributed by atoms with E-state index < -0.39 is 0 Å². The Kier molecular flexibility index (Phi) is 14.6. The van der Waals surface area contributed by atoms with Crippen molar-refractivity contribution in [1.82, 2.24) is 10.6 Å². The number of aliphatic hydroxyl groups is 2. The average molecular weight is 793 g/mol. The molecule has 0 unspecified atom stereocenters. The summed E-state index contributed by atoms with van der Waals surface area (Å²) >= 11 is 0. The zero-order valence-corrected chi connectivity index (χ0v) is 34.4. The summed E-state index contributed by atoms with van der Waals surface area (Å²) < 4.78 is 11.7. The minimum Gasteiger partial charge on any atom is -0.426 e. The van der Waals surface area contributed by atoms with Gasteiger partial charge in [0.1, 0.15) is 11.5 Å². The van der Waals surface area contributed by atoms with Crippen molar-refractivity contribution in [2.45, 2.75) is 116 Å². The van der Waals surface area contributed by atoms with Crippen molar-refractivity contribution in [3.63, 3.8) is 0 Å². The summed E-state index contributed by atoms with van der Waals surface area (Å²) in [6, 6.07) is 22.3. The Morgan fingerprint density at radius 2 is 0.879 bits per heavy atom. The fourth-order valence-corrected chi connectivity index (χ4v) is 9.43. The highest BCUT2D eigenvalue weighted by atomic mass is 16.5. The molecule has 2 amide bonds. The minimum atomic E-state index is -0.367. The van der Waals surface area contributed by atoms with Crippen molar-refractivity contribution < 1.29 is 38.9 Å². The second-order valence-electron chi connectivity index (χ2n) is 16.9. The molecule has 0 aromatic heterocycles. The molecule has 10 heteroatoms. The molecule has 6 atom stereocenters. The lowest BCUT2D eigenvalue weighted by Crippen LogP contribution is -2.31. The normalized spacial score (nSPS) is 21.9. The van der Waals surface area contributed by atoms with Crippen molar-refractivity contribution in [3.8, 4) is 11.5 Å². The molecule has 6 rings (SSSR count). The van der Waals surface area contributed by atoms with Gasteiger partial charge in [0, 0.05) is 47.3 Å². The van der Waals surface area contributed by atoms with Crippen molar-refractivity contribution in [2.24, 2.45) is 23.7 Å². The zero-order valence-electron chi connectivity index (χ0n) is 34.4. The summed E-state index contributed by atoms with van der Waals surface area (Å²) in [6.45, 7) is 7.82. The monoisotopic (exact) mass is 792 g/mol. The van der Waals surface area contributed by atoms with Crippen LogP contribution in [0.1, 0.15) is 115 Å². The van der Waals surface area contributed by atoms with Crippen LogP contribution in [0.15, 0.2) is 72.8 Å². The molecule has 58 heavy (non-hydrogen) atoms. The number of amides is 2. The van der Waals surface area contributed by atoms with Gasteiger partial charge in [-0.15, -0.1) is 0 Å². The van der Waals surface area contributed by atoms with Crippen LogP contribution in [0, 0.1) is 23.7 Å². The molecule has 2 saturated heterocycles. The molecule has 2 aliphatic rings. The molecular formula is C48H60N2O8. The van der Waals surface area contributed by atoms with Gasteiger partial charge in [-0.2, -0.15) is 0 Å². The number of ether oxygens (including phenoxy) is 2. The van der Waals surface area contributed by atoms with Crippen LogP contribution in [-0.2, 0) is 19.2 Å². The summed E-state index contributed by atoms with van der Waals surface area (Å²) in [6.07, 6.45) is 8.19. The topological polar surface area (TPSA) is 151 Å². The van der Waals surface area contributed by atoms with Crippen LogP contribution in [0.5, 0.6) is 11.5 Å². The van der Waals surface area contributed by atoms with Gasteiger partial charge in [-0.3, -0.25) is 19.2 Å². The minimum absolute atomic E-state index is 0.0397. The maximum atomic E-state index is 12.9. The predicted octanol–water partition coefficient (Wildman–Crippen LogP) is 8.10.